The molecule has 0 aliphatic carbocycles. The first kappa shape index (κ1) is 12.3. The lowest BCUT2D eigenvalue weighted by molar-refractivity contribution is 0.0699. The van der Waals surface area contributed by atoms with Gasteiger partial charge in [0.1, 0.15) is 23.5 Å². The van der Waals surface area contributed by atoms with E-state index in [4.69, 9.17) is 5.11 Å². The third-order valence-corrected chi connectivity index (χ3v) is 2.93. The molecule has 0 aliphatic heterocycles. The summed E-state index contributed by atoms with van der Waals surface area (Å²) in [6, 6.07) is 7.69. The summed E-state index contributed by atoms with van der Waals surface area (Å²) in [6.07, 6.45) is 1.34. The first-order valence-electron chi connectivity index (χ1n) is 5.72. The highest BCUT2D eigenvalue weighted by Gasteiger charge is 2.13. The Labute approximate surface area is 111 Å². The minimum absolute atomic E-state index is 0.0399. The van der Waals surface area contributed by atoms with Gasteiger partial charge in [0.15, 0.2) is 0 Å². The van der Waals surface area contributed by atoms with E-state index in [0.717, 1.165) is 18.2 Å². The van der Waals surface area contributed by atoms with E-state index in [-0.39, 0.29) is 16.8 Å². The molecule has 20 heavy (non-hydrogen) atoms. The van der Waals surface area contributed by atoms with E-state index in [0.29, 0.717) is 5.52 Å². The molecule has 0 amide bonds. The van der Waals surface area contributed by atoms with Gasteiger partial charge in [-0.05, 0) is 24.3 Å². The van der Waals surface area contributed by atoms with Crippen LogP contribution < -0.4 is 0 Å². The number of hydrogen-bond acceptors (Lipinski definition) is 2. The summed E-state index contributed by atoms with van der Waals surface area (Å²) in [5, 5.41) is 9.08. The Morgan fingerprint density at radius 2 is 1.85 bits per heavy atom. The highest BCUT2D eigenvalue weighted by atomic mass is 19.1. The summed E-state index contributed by atoms with van der Waals surface area (Å²) in [5.41, 5.74) is 1.02. The number of para-hydroxylation sites is 1. The molecule has 1 N–H and O–H groups in total. The normalized spacial score (nSPS) is 10.9. The molecule has 0 atom stereocenters. The van der Waals surface area contributed by atoms with Crippen molar-refractivity contribution in [3.05, 3.63) is 59.9 Å². The van der Waals surface area contributed by atoms with Crippen molar-refractivity contribution in [2.45, 2.75) is 0 Å². The zero-order valence-corrected chi connectivity index (χ0v) is 10.0. The fourth-order valence-electron chi connectivity index (χ4n) is 2.10. The second-order valence-corrected chi connectivity index (χ2v) is 4.22. The lowest BCUT2D eigenvalue weighted by atomic mass is 10.2. The van der Waals surface area contributed by atoms with Gasteiger partial charge in [-0.15, -0.1) is 0 Å². The monoisotopic (exact) mass is 274 g/mol. The van der Waals surface area contributed by atoms with Crippen molar-refractivity contribution in [3.63, 3.8) is 0 Å². The van der Waals surface area contributed by atoms with Gasteiger partial charge in [-0.3, -0.25) is 4.57 Å². The van der Waals surface area contributed by atoms with E-state index < -0.39 is 17.6 Å². The van der Waals surface area contributed by atoms with Gasteiger partial charge in [-0.2, -0.15) is 0 Å². The Morgan fingerprint density at radius 1 is 1.15 bits per heavy atom. The summed E-state index contributed by atoms with van der Waals surface area (Å²) in [7, 11) is 0. The van der Waals surface area contributed by atoms with E-state index in [2.05, 4.69) is 4.98 Å². The predicted octanol–water partition coefficient (Wildman–Crippen LogP) is 3.00. The van der Waals surface area contributed by atoms with E-state index in [1.165, 1.54) is 17.0 Å². The maximum atomic E-state index is 13.3. The van der Waals surface area contributed by atoms with Crippen LogP contribution in [0, 0.1) is 11.6 Å². The Hall–Kier alpha value is -2.76. The second kappa shape index (κ2) is 4.41. The maximum absolute atomic E-state index is 13.3. The summed E-state index contributed by atoms with van der Waals surface area (Å²) < 4.78 is 28.0. The minimum atomic E-state index is -1.11. The quantitative estimate of drug-likeness (QED) is 0.781. The zero-order valence-electron chi connectivity index (χ0n) is 10.0. The minimum Gasteiger partial charge on any atom is -0.478 e. The van der Waals surface area contributed by atoms with E-state index in [1.54, 1.807) is 12.1 Å². The summed E-state index contributed by atoms with van der Waals surface area (Å²) in [5.74, 6) is -2.53. The average Bonchev–Trinajstić information content (AvgIpc) is 2.80. The van der Waals surface area contributed by atoms with Crippen LogP contribution in [0.25, 0.3) is 16.7 Å². The zero-order chi connectivity index (χ0) is 14.3. The fraction of sp³-hybridized carbons (Fsp3) is 0. The molecular weight excluding hydrogens is 266 g/mol. The van der Waals surface area contributed by atoms with Crippen LogP contribution in [-0.4, -0.2) is 20.6 Å². The van der Waals surface area contributed by atoms with Crippen molar-refractivity contribution in [2.24, 2.45) is 0 Å². The summed E-state index contributed by atoms with van der Waals surface area (Å²) >= 11 is 0. The number of nitrogens with zero attached hydrogens (tertiary/aromatic N) is 2. The predicted molar refractivity (Wildman–Crippen MR) is 67.9 cm³/mol. The average molecular weight is 274 g/mol. The number of aromatic nitrogens is 2. The number of rotatable bonds is 2. The number of hydrogen-bond donors (Lipinski definition) is 1. The molecule has 1 heterocycles. The molecule has 0 aliphatic rings. The van der Waals surface area contributed by atoms with Crippen molar-refractivity contribution in [3.8, 4) is 5.69 Å². The van der Waals surface area contributed by atoms with Crippen LogP contribution in [0.5, 0.6) is 0 Å². The van der Waals surface area contributed by atoms with E-state index in [9.17, 15) is 13.6 Å². The Kier molecular flexibility index (Phi) is 2.71. The van der Waals surface area contributed by atoms with Gasteiger partial charge in [-0.1, -0.05) is 6.07 Å². The second-order valence-electron chi connectivity index (χ2n) is 4.22. The first-order chi connectivity index (χ1) is 9.56. The molecule has 0 radical (unpaired) electrons. The van der Waals surface area contributed by atoms with Crippen LogP contribution in [0.3, 0.4) is 0 Å². The van der Waals surface area contributed by atoms with Crippen molar-refractivity contribution in [1.29, 1.82) is 0 Å². The molecule has 2 aromatic carbocycles. The molecule has 100 valence electrons. The molecule has 3 rings (SSSR count). The molecular formula is C14H8F2N2O2. The Balaban J connectivity index is 2.28. The number of halogens is 2. The third kappa shape index (κ3) is 1.91. The van der Waals surface area contributed by atoms with Gasteiger partial charge in [0, 0.05) is 6.07 Å². The topological polar surface area (TPSA) is 55.1 Å². The van der Waals surface area contributed by atoms with Crippen LogP contribution >= 0.6 is 0 Å². The van der Waals surface area contributed by atoms with E-state index >= 15 is 0 Å². The molecule has 6 heteroatoms. The van der Waals surface area contributed by atoms with Crippen LogP contribution in [0.4, 0.5) is 8.78 Å². The van der Waals surface area contributed by atoms with Crippen LogP contribution in [-0.2, 0) is 0 Å². The Morgan fingerprint density at radius 3 is 2.50 bits per heavy atom. The van der Waals surface area contributed by atoms with Crippen LogP contribution in [0.15, 0.2) is 42.7 Å². The number of benzene rings is 2. The smallest absolute Gasteiger partial charge is 0.337 e. The molecule has 0 bridgehead atoms. The van der Waals surface area contributed by atoms with Crippen molar-refractivity contribution in [2.75, 3.05) is 0 Å². The molecule has 1 aromatic heterocycles. The van der Waals surface area contributed by atoms with Gasteiger partial charge in [0.25, 0.3) is 0 Å². The molecule has 0 unspecified atom stereocenters. The maximum Gasteiger partial charge on any atom is 0.337 e. The highest BCUT2D eigenvalue weighted by molar-refractivity contribution is 6.01. The van der Waals surface area contributed by atoms with Crippen LogP contribution in [0.1, 0.15) is 10.4 Å². The Bertz CT molecular complexity index is 807. The van der Waals surface area contributed by atoms with Gasteiger partial charge >= 0.3 is 5.97 Å². The molecule has 0 saturated carbocycles. The van der Waals surface area contributed by atoms with Crippen LogP contribution in [0.2, 0.25) is 0 Å². The summed E-state index contributed by atoms with van der Waals surface area (Å²) in [6.45, 7) is 0. The fourth-order valence-corrected chi connectivity index (χ4v) is 2.10. The highest BCUT2D eigenvalue weighted by Crippen LogP contribution is 2.22. The SMILES string of the molecule is O=C(O)c1cccc2c1ncn2-c1cc(F)cc(F)c1. The number of carbonyl (C=O) groups is 1. The number of aromatic carboxylic acids is 1. The molecule has 0 saturated heterocycles. The van der Waals surface area contributed by atoms with Gasteiger partial charge in [0.2, 0.25) is 0 Å². The molecule has 0 fully saturated rings. The largest absolute Gasteiger partial charge is 0.478 e. The third-order valence-electron chi connectivity index (χ3n) is 2.93. The molecule has 3 aromatic rings. The van der Waals surface area contributed by atoms with Gasteiger partial charge in [0.05, 0.1) is 16.8 Å². The number of carboxylic acid groups (broad SMARTS) is 1. The van der Waals surface area contributed by atoms with Crippen molar-refractivity contribution >= 4 is 17.0 Å². The van der Waals surface area contributed by atoms with Gasteiger partial charge < -0.3 is 5.11 Å². The lowest BCUT2D eigenvalue weighted by Gasteiger charge is -2.05. The lowest BCUT2D eigenvalue weighted by Crippen LogP contribution is -1.98. The van der Waals surface area contributed by atoms with Crippen molar-refractivity contribution in [1.82, 2.24) is 9.55 Å². The number of fused-ring (bicyclic) bond motifs is 1. The number of carboxylic acids is 1. The van der Waals surface area contributed by atoms with E-state index in [1.807, 2.05) is 0 Å². The van der Waals surface area contributed by atoms with Gasteiger partial charge in [-0.25, -0.2) is 18.6 Å². The standard InChI is InChI=1S/C14H8F2N2O2/c15-8-4-9(16)6-10(5-8)18-7-17-13-11(14(19)20)2-1-3-12(13)18/h1-7H,(H,19,20). The number of imidazole rings is 1. The first-order valence-corrected chi connectivity index (χ1v) is 5.72. The van der Waals surface area contributed by atoms with Crippen molar-refractivity contribution < 1.29 is 18.7 Å². The summed E-state index contributed by atoms with van der Waals surface area (Å²) in [4.78, 5) is 15.1. The molecule has 0 spiro atoms. The molecule has 4 nitrogen and oxygen atoms in total.